The summed E-state index contributed by atoms with van der Waals surface area (Å²) in [5, 5.41) is 0. The minimum atomic E-state index is 0.453. The van der Waals surface area contributed by atoms with Crippen molar-refractivity contribution in [3.63, 3.8) is 0 Å². The first-order valence-corrected chi connectivity index (χ1v) is 10.2. The summed E-state index contributed by atoms with van der Waals surface area (Å²) >= 11 is 0. The summed E-state index contributed by atoms with van der Waals surface area (Å²) in [6.07, 6.45) is 8.79. The number of allylic oxidation sites excluding steroid dienone is 1. The number of pyridine rings is 1. The molecule has 5 nitrogen and oxygen atoms in total. The molecule has 3 aromatic rings. The van der Waals surface area contributed by atoms with E-state index in [1.165, 1.54) is 22.3 Å². The number of hydrogen-bond donors (Lipinski definition) is 0. The molecule has 1 aliphatic carbocycles. The molecule has 0 amide bonds. The van der Waals surface area contributed by atoms with Crippen LogP contribution in [0.3, 0.4) is 0 Å². The summed E-state index contributed by atoms with van der Waals surface area (Å²) in [6.45, 7) is 1.66. The summed E-state index contributed by atoms with van der Waals surface area (Å²) in [5.74, 6) is 1.45. The molecule has 5 heteroatoms. The van der Waals surface area contributed by atoms with Gasteiger partial charge < -0.3 is 13.9 Å². The van der Waals surface area contributed by atoms with Gasteiger partial charge in [-0.2, -0.15) is 0 Å². The highest BCUT2D eigenvalue weighted by molar-refractivity contribution is 5.86. The van der Waals surface area contributed by atoms with Gasteiger partial charge in [-0.25, -0.2) is 4.98 Å². The number of carbonyl (C=O) groups is 1. The van der Waals surface area contributed by atoms with Crippen molar-refractivity contribution in [2.75, 3.05) is 20.3 Å². The van der Waals surface area contributed by atoms with E-state index < -0.39 is 0 Å². The smallest absolute Gasteiger partial charge is 0.170 e. The second kappa shape index (κ2) is 7.48. The standard InChI is InChI=1S/C24H24N2O3/c1-28-20-3-5-22-17(12-20)2-4-21(16-7-10-29-11-8-16)24(22)18-6-9-26-14-19(15-27)25-23(26)13-18/h3,5-6,9,12-16H,2,4,7-8,10-11H2,1H3. The van der Waals surface area contributed by atoms with E-state index >= 15 is 0 Å². The van der Waals surface area contributed by atoms with Crippen molar-refractivity contribution in [2.45, 2.75) is 25.7 Å². The Bertz CT molecular complexity index is 1110. The fourth-order valence-corrected chi connectivity index (χ4v) is 4.72. The molecule has 0 radical (unpaired) electrons. The number of carbonyl (C=O) groups excluding carboxylic acids is 1. The molecule has 1 aliphatic heterocycles. The van der Waals surface area contributed by atoms with Crippen molar-refractivity contribution in [1.29, 1.82) is 0 Å². The van der Waals surface area contributed by atoms with E-state index in [-0.39, 0.29) is 0 Å². The van der Waals surface area contributed by atoms with Gasteiger partial charge in [0.25, 0.3) is 0 Å². The second-order valence-electron chi connectivity index (χ2n) is 7.77. The third kappa shape index (κ3) is 3.25. The molecule has 0 saturated carbocycles. The van der Waals surface area contributed by atoms with Gasteiger partial charge in [0, 0.05) is 25.6 Å². The molecule has 0 bridgehead atoms. The third-order valence-corrected chi connectivity index (χ3v) is 6.17. The molecule has 2 aromatic heterocycles. The van der Waals surface area contributed by atoms with Gasteiger partial charge in [0.05, 0.1) is 7.11 Å². The maximum Gasteiger partial charge on any atom is 0.170 e. The van der Waals surface area contributed by atoms with Crippen LogP contribution in [-0.2, 0) is 11.2 Å². The number of aldehydes is 1. The molecule has 0 unspecified atom stereocenters. The Morgan fingerprint density at radius 3 is 2.83 bits per heavy atom. The molecule has 3 heterocycles. The Morgan fingerprint density at radius 2 is 2.03 bits per heavy atom. The number of rotatable bonds is 4. The molecule has 0 spiro atoms. The zero-order valence-electron chi connectivity index (χ0n) is 16.6. The van der Waals surface area contributed by atoms with E-state index in [4.69, 9.17) is 9.47 Å². The number of ether oxygens (including phenoxy) is 2. The summed E-state index contributed by atoms with van der Waals surface area (Å²) < 4.78 is 13.0. The maximum absolute atomic E-state index is 11.1. The van der Waals surface area contributed by atoms with Gasteiger partial charge >= 0.3 is 0 Å². The molecule has 148 valence electrons. The van der Waals surface area contributed by atoms with Gasteiger partial charge in [0.2, 0.25) is 0 Å². The summed E-state index contributed by atoms with van der Waals surface area (Å²) in [6, 6.07) is 10.6. The average molecular weight is 388 g/mol. The van der Waals surface area contributed by atoms with Gasteiger partial charge in [-0.05, 0) is 78.1 Å². The highest BCUT2D eigenvalue weighted by Crippen LogP contribution is 2.42. The fourth-order valence-electron chi connectivity index (χ4n) is 4.72. The van der Waals surface area contributed by atoms with Crippen LogP contribution < -0.4 is 4.74 Å². The highest BCUT2D eigenvalue weighted by atomic mass is 16.5. The monoisotopic (exact) mass is 388 g/mol. The topological polar surface area (TPSA) is 52.8 Å². The van der Waals surface area contributed by atoms with Crippen molar-refractivity contribution in [3.8, 4) is 5.75 Å². The predicted molar refractivity (Wildman–Crippen MR) is 111 cm³/mol. The van der Waals surface area contributed by atoms with Crippen LogP contribution in [0.5, 0.6) is 5.75 Å². The van der Waals surface area contributed by atoms with Crippen molar-refractivity contribution in [2.24, 2.45) is 5.92 Å². The van der Waals surface area contributed by atoms with Gasteiger partial charge in [0.15, 0.2) is 6.29 Å². The fraction of sp³-hybridized carbons (Fsp3) is 0.333. The van der Waals surface area contributed by atoms with Crippen molar-refractivity contribution < 1.29 is 14.3 Å². The Labute approximate surface area is 170 Å². The van der Waals surface area contributed by atoms with E-state index in [2.05, 4.69) is 29.2 Å². The normalized spacial score (nSPS) is 17.4. The SMILES string of the molecule is COc1ccc2c(c1)CCC(C1CCOCC1)=C2c1ccn2cc(C=O)nc2c1. The number of nitrogens with zero attached hydrogens (tertiary/aromatic N) is 2. The predicted octanol–water partition coefficient (Wildman–Crippen LogP) is 4.33. The lowest BCUT2D eigenvalue weighted by atomic mass is 9.75. The first kappa shape index (κ1) is 18.1. The summed E-state index contributed by atoms with van der Waals surface area (Å²) in [4.78, 5) is 15.6. The van der Waals surface area contributed by atoms with Crippen LogP contribution in [0.25, 0.3) is 11.2 Å². The molecular weight excluding hydrogens is 364 g/mol. The minimum Gasteiger partial charge on any atom is -0.497 e. The molecule has 1 fully saturated rings. The van der Waals surface area contributed by atoms with E-state index in [1.807, 2.05) is 16.7 Å². The van der Waals surface area contributed by atoms with Crippen molar-refractivity contribution >= 4 is 17.5 Å². The number of hydrogen-bond acceptors (Lipinski definition) is 4. The lowest BCUT2D eigenvalue weighted by Gasteiger charge is -2.32. The number of benzene rings is 1. The summed E-state index contributed by atoms with van der Waals surface area (Å²) in [7, 11) is 1.71. The number of fused-ring (bicyclic) bond motifs is 2. The van der Waals surface area contributed by atoms with Crippen LogP contribution in [-0.4, -0.2) is 36.0 Å². The quantitative estimate of drug-likeness (QED) is 0.624. The number of imidazole rings is 1. The van der Waals surface area contributed by atoms with Crippen molar-refractivity contribution in [3.05, 3.63) is 70.7 Å². The first-order chi connectivity index (χ1) is 14.3. The van der Waals surface area contributed by atoms with Crippen LogP contribution in [0.1, 0.15) is 46.4 Å². The maximum atomic E-state index is 11.1. The highest BCUT2D eigenvalue weighted by Gasteiger charge is 2.27. The molecule has 0 N–H and O–H groups in total. The van der Waals surface area contributed by atoms with Gasteiger partial charge in [-0.15, -0.1) is 0 Å². The minimum absolute atomic E-state index is 0.453. The van der Waals surface area contributed by atoms with Crippen LogP contribution in [0, 0.1) is 5.92 Å². The zero-order valence-corrected chi connectivity index (χ0v) is 16.6. The third-order valence-electron chi connectivity index (χ3n) is 6.17. The van der Waals surface area contributed by atoms with Crippen molar-refractivity contribution in [1.82, 2.24) is 9.38 Å². The summed E-state index contributed by atoms with van der Waals surface area (Å²) in [5.41, 5.74) is 7.86. The number of aryl methyl sites for hydroxylation is 1. The van der Waals surface area contributed by atoms with Gasteiger partial charge in [-0.1, -0.05) is 11.6 Å². The van der Waals surface area contributed by atoms with E-state index in [0.717, 1.165) is 62.1 Å². The molecule has 1 aromatic carbocycles. The van der Waals surface area contributed by atoms with E-state index in [1.54, 1.807) is 13.3 Å². The van der Waals surface area contributed by atoms with Crippen LogP contribution in [0.4, 0.5) is 0 Å². The number of methoxy groups -OCH3 is 1. The molecule has 5 rings (SSSR count). The average Bonchev–Trinajstić information content (AvgIpc) is 3.21. The zero-order chi connectivity index (χ0) is 19.8. The van der Waals surface area contributed by atoms with Crippen LogP contribution in [0.15, 0.2) is 48.3 Å². The Morgan fingerprint density at radius 1 is 1.17 bits per heavy atom. The Hall–Kier alpha value is -2.92. The van der Waals surface area contributed by atoms with E-state index in [0.29, 0.717) is 11.6 Å². The molecular formula is C24H24N2O3. The Kier molecular flexibility index (Phi) is 4.68. The Balaban J connectivity index is 1.69. The van der Waals surface area contributed by atoms with Crippen LogP contribution >= 0.6 is 0 Å². The van der Waals surface area contributed by atoms with Gasteiger partial charge in [-0.3, -0.25) is 4.79 Å². The lowest BCUT2D eigenvalue weighted by Crippen LogP contribution is -2.21. The first-order valence-electron chi connectivity index (χ1n) is 10.2. The lowest BCUT2D eigenvalue weighted by molar-refractivity contribution is 0.0750. The van der Waals surface area contributed by atoms with Gasteiger partial charge in [0.1, 0.15) is 17.1 Å². The molecule has 2 aliphatic rings. The molecule has 1 saturated heterocycles. The largest absolute Gasteiger partial charge is 0.497 e. The molecule has 0 atom stereocenters. The second-order valence-corrected chi connectivity index (χ2v) is 7.77. The molecule has 29 heavy (non-hydrogen) atoms. The van der Waals surface area contributed by atoms with Crippen LogP contribution in [0.2, 0.25) is 0 Å². The van der Waals surface area contributed by atoms with E-state index in [9.17, 15) is 4.79 Å². The number of aromatic nitrogens is 2.